The first-order valence-corrected chi connectivity index (χ1v) is 8.40. The van der Waals surface area contributed by atoms with Crippen molar-refractivity contribution in [3.05, 3.63) is 64.5 Å². The van der Waals surface area contributed by atoms with Crippen molar-refractivity contribution in [2.24, 2.45) is 0 Å². The molecule has 0 N–H and O–H groups in total. The fraction of sp³-hybridized carbons (Fsp3) is 0.333. The molecule has 7 nitrogen and oxygen atoms in total. The topological polar surface area (TPSA) is 72.5 Å². The van der Waals surface area contributed by atoms with E-state index in [1.165, 1.54) is 10.6 Å². The van der Waals surface area contributed by atoms with Gasteiger partial charge in [-0.25, -0.2) is 4.98 Å². The third kappa shape index (κ3) is 2.82. The number of hydrogen-bond acceptors (Lipinski definition) is 4. The van der Waals surface area contributed by atoms with Gasteiger partial charge in [0.2, 0.25) is 0 Å². The van der Waals surface area contributed by atoms with Crippen molar-refractivity contribution in [1.29, 1.82) is 0 Å². The Kier molecular flexibility index (Phi) is 3.83. The van der Waals surface area contributed by atoms with Gasteiger partial charge in [-0.2, -0.15) is 5.10 Å². The van der Waals surface area contributed by atoms with Crippen LogP contribution in [-0.4, -0.2) is 43.1 Å². The number of aromatic nitrogens is 4. The Morgan fingerprint density at radius 1 is 1.28 bits per heavy atom. The van der Waals surface area contributed by atoms with Crippen molar-refractivity contribution >= 4 is 11.6 Å². The number of piperidine rings is 1. The number of hydrogen-bond donors (Lipinski definition) is 0. The highest BCUT2D eigenvalue weighted by molar-refractivity contribution is 5.93. The van der Waals surface area contributed by atoms with Crippen LogP contribution in [0.5, 0.6) is 0 Å². The molecular weight excluding hydrogens is 318 g/mol. The van der Waals surface area contributed by atoms with E-state index in [0.29, 0.717) is 18.7 Å². The number of rotatable bonds is 2. The van der Waals surface area contributed by atoms with Gasteiger partial charge in [0.1, 0.15) is 11.2 Å². The summed E-state index contributed by atoms with van der Waals surface area (Å²) in [5.74, 6) is -0.260. The molecule has 0 bridgehead atoms. The van der Waals surface area contributed by atoms with E-state index in [0.717, 1.165) is 18.4 Å². The van der Waals surface area contributed by atoms with Crippen LogP contribution in [0.3, 0.4) is 0 Å². The smallest absolute Gasteiger partial charge is 0.270 e. The minimum atomic E-state index is -0.326. The van der Waals surface area contributed by atoms with Crippen molar-refractivity contribution in [1.82, 2.24) is 24.1 Å². The number of likely N-dealkylation sites (tertiary alicyclic amines) is 1. The van der Waals surface area contributed by atoms with E-state index < -0.39 is 0 Å². The highest BCUT2D eigenvalue weighted by Crippen LogP contribution is 2.22. The molecule has 1 atom stereocenters. The van der Waals surface area contributed by atoms with Gasteiger partial charge in [-0.15, -0.1) is 0 Å². The first-order valence-electron chi connectivity index (χ1n) is 8.40. The second-order valence-electron chi connectivity index (χ2n) is 6.45. The van der Waals surface area contributed by atoms with Gasteiger partial charge in [0.15, 0.2) is 0 Å². The Bertz CT molecular complexity index is 990. The molecule has 1 aliphatic heterocycles. The van der Waals surface area contributed by atoms with Crippen LogP contribution < -0.4 is 5.56 Å². The zero-order valence-corrected chi connectivity index (χ0v) is 14.0. The van der Waals surface area contributed by atoms with Gasteiger partial charge in [0.05, 0.1) is 12.2 Å². The summed E-state index contributed by atoms with van der Waals surface area (Å²) in [7, 11) is 0. The van der Waals surface area contributed by atoms with Crippen LogP contribution in [0.2, 0.25) is 0 Å². The summed E-state index contributed by atoms with van der Waals surface area (Å²) in [6, 6.07) is 5.45. The summed E-state index contributed by atoms with van der Waals surface area (Å²) >= 11 is 0. The standard InChI is InChI=1S/C18H19N5O2/c1-13-9-20-23(11-13)14-5-4-7-21(12-14)17(24)15-10-19-16-6-2-3-8-22(16)18(15)25/h2-3,6,8-11,14H,4-5,7,12H2,1H3/t14-/m0/s1. The number of carbonyl (C=O) groups excluding carboxylic acids is 1. The third-order valence-electron chi connectivity index (χ3n) is 4.63. The molecular formula is C18H19N5O2. The summed E-state index contributed by atoms with van der Waals surface area (Å²) < 4.78 is 3.33. The summed E-state index contributed by atoms with van der Waals surface area (Å²) in [6.45, 7) is 3.19. The van der Waals surface area contributed by atoms with Gasteiger partial charge in [-0.05, 0) is 37.5 Å². The zero-order valence-electron chi connectivity index (χ0n) is 14.0. The molecule has 25 heavy (non-hydrogen) atoms. The minimum Gasteiger partial charge on any atom is -0.336 e. The highest BCUT2D eigenvalue weighted by atomic mass is 16.2. The molecule has 0 spiro atoms. The van der Waals surface area contributed by atoms with Gasteiger partial charge < -0.3 is 4.90 Å². The summed E-state index contributed by atoms with van der Waals surface area (Å²) in [5, 5.41) is 4.36. The molecule has 0 radical (unpaired) electrons. The third-order valence-corrected chi connectivity index (χ3v) is 4.63. The van der Waals surface area contributed by atoms with E-state index >= 15 is 0 Å². The molecule has 4 rings (SSSR count). The van der Waals surface area contributed by atoms with Crippen LogP contribution in [0.4, 0.5) is 0 Å². The van der Waals surface area contributed by atoms with Crippen LogP contribution in [0, 0.1) is 6.92 Å². The molecule has 128 valence electrons. The van der Waals surface area contributed by atoms with E-state index in [1.807, 2.05) is 30.1 Å². The van der Waals surface area contributed by atoms with E-state index in [2.05, 4.69) is 10.1 Å². The number of fused-ring (bicyclic) bond motifs is 1. The molecule has 0 aliphatic carbocycles. The first-order chi connectivity index (χ1) is 12.1. The maximum absolute atomic E-state index is 12.9. The lowest BCUT2D eigenvalue weighted by atomic mass is 10.1. The van der Waals surface area contributed by atoms with Crippen LogP contribution in [0.1, 0.15) is 34.8 Å². The van der Waals surface area contributed by atoms with E-state index in [9.17, 15) is 9.59 Å². The average Bonchev–Trinajstić information content (AvgIpc) is 3.08. The first kappa shape index (κ1) is 15.6. The molecule has 0 aromatic carbocycles. The monoisotopic (exact) mass is 337 g/mol. The van der Waals surface area contributed by atoms with E-state index in [1.54, 1.807) is 23.2 Å². The van der Waals surface area contributed by atoms with Crippen molar-refractivity contribution in [3.8, 4) is 0 Å². The molecule has 1 fully saturated rings. The second-order valence-corrected chi connectivity index (χ2v) is 6.45. The predicted molar refractivity (Wildman–Crippen MR) is 92.6 cm³/mol. The molecule has 3 aromatic heterocycles. The number of carbonyl (C=O) groups is 1. The van der Waals surface area contributed by atoms with Crippen LogP contribution in [-0.2, 0) is 0 Å². The predicted octanol–water partition coefficient (Wildman–Crippen LogP) is 1.68. The largest absolute Gasteiger partial charge is 0.336 e. The van der Waals surface area contributed by atoms with Crippen molar-refractivity contribution < 1.29 is 4.79 Å². The van der Waals surface area contributed by atoms with Crippen LogP contribution >= 0.6 is 0 Å². The van der Waals surface area contributed by atoms with Gasteiger partial charge in [-0.3, -0.25) is 18.7 Å². The molecule has 1 aliphatic rings. The molecule has 1 saturated heterocycles. The Balaban J connectivity index is 1.62. The van der Waals surface area contributed by atoms with E-state index in [-0.39, 0.29) is 23.1 Å². The molecule has 0 saturated carbocycles. The van der Waals surface area contributed by atoms with Crippen LogP contribution in [0.25, 0.3) is 5.65 Å². The number of amides is 1. The Hall–Kier alpha value is -2.96. The van der Waals surface area contributed by atoms with Gasteiger partial charge in [-0.1, -0.05) is 6.07 Å². The Morgan fingerprint density at radius 2 is 2.16 bits per heavy atom. The van der Waals surface area contributed by atoms with Crippen LogP contribution in [0.15, 0.2) is 47.8 Å². The number of aryl methyl sites for hydroxylation is 1. The molecule has 7 heteroatoms. The second kappa shape index (κ2) is 6.16. The average molecular weight is 337 g/mol. The lowest BCUT2D eigenvalue weighted by Crippen LogP contribution is -2.43. The molecule has 4 heterocycles. The molecule has 1 amide bonds. The number of pyridine rings is 1. The lowest BCUT2D eigenvalue weighted by molar-refractivity contribution is 0.0670. The fourth-order valence-electron chi connectivity index (χ4n) is 3.33. The Labute approximate surface area is 144 Å². The van der Waals surface area contributed by atoms with Crippen molar-refractivity contribution in [2.75, 3.05) is 13.1 Å². The van der Waals surface area contributed by atoms with Crippen molar-refractivity contribution in [3.63, 3.8) is 0 Å². The fourth-order valence-corrected chi connectivity index (χ4v) is 3.33. The Morgan fingerprint density at radius 3 is 2.96 bits per heavy atom. The zero-order chi connectivity index (χ0) is 17.4. The maximum atomic E-state index is 12.9. The summed E-state index contributed by atoms with van der Waals surface area (Å²) in [5.41, 5.74) is 1.42. The highest BCUT2D eigenvalue weighted by Gasteiger charge is 2.27. The van der Waals surface area contributed by atoms with Gasteiger partial charge >= 0.3 is 0 Å². The molecule has 0 unspecified atom stereocenters. The SMILES string of the molecule is Cc1cnn([C@H]2CCCN(C(=O)c3cnc4ccccn4c3=O)C2)c1. The summed E-state index contributed by atoms with van der Waals surface area (Å²) in [4.78, 5) is 31.5. The lowest BCUT2D eigenvalue weighted by Gasteiger charge is -2.32. The number of nitrogens with zero attached hydrogens (tertiary/aromatic N) is 5. The normalized spacial score (nSPS) is 17.8. The maximum Gasteiger partial charge on any atom is 0.270 e. The van der Waals surface area contributed by atoms with Gasteiger partial charge in [0, 0.05) is 31.7 Å². The van der Waals surface area contributed by atoms with Gasteiger partial charge in [0.25, 0.3) is 11.5 Å². The van der Waals surface area contributed by atoms with Crippen molar-refractivity contribution in [2.45, 2.75) is 25.8 Å². The quantitative estimate of drug-likeness (QED) is 0.713. The minimum absolute atomic E-state index is 0.112. The molecule has 3 aromatic rings. The van der Waals surface area contributed by atoms with E-state index in [4.69, 9.17) is 0 Å². The summed E-state index contributed by atoms with van der Waals surface area (Å²) in [6.07, 6.45) is 8.69.